The minimum absolute atomic E-state index is 0. The standard InChI is InChI=1S/C18H27N3.2ClH/c1-14(2)6-7-18(21-12-10-19-11-13-21)16-4-3-5-17-15(16)8-9-20-17;;/h3-5,8-9,14,18-20H,6-7,10-13H2,1-2H3;2*1H/t18-;;/m0../s1. The summed E-state index contributed by atoms with van der Waals surface area (Å²) in [5.41, 5.74) is 2.76. The van der Waals surface area contributed by atoms with Gasteiger partial charge in [-0.15, -0.1) is 24.8 Å². The number of piperazine rings is 1. The Morgan fingerprint density at radius 1 is 1.04 bits per heavy atom. The number of halogens is 2. The van der Waals surface area contributed by atoms with Gasteiger partial charge in [-0.25, -0.2) is 0 Å². The van der Waals surface area contributed by atoms with E-state index in [1.807, 2.05) is 0 Å². The van der Waals surface area contributed by atoms with Crippen LogP contribution in [0, 0.1) is 5.92 Å². The van der Waals surface area contributed by atoms with Crippen molar-refractivity contribution in [2.24, 2.45) is 5.92 Å². The van der Waals surface area contributed by atoms with Crippen LogP contribution in [0.5, 0.6) is 0 Å². The molecule has 0 unspecified atom stereocenters. The largest absolute Gasteiger partial charge is 0.361 e. The van der Waals surface area contributed by atoms with E-state index >= 15 is 0 Å². The molecule has 0 bridgehead atoms. The van der Waals surface area contributed by atoms with Crippen LogP contribution >= 0.6 is 24.8 Å². The highest BCUT2D eigenvalue weighted by Gasteiger charge is 2.23. The van der Waals surface area contributed by atoms with Gasteiger partial charge in [-0.2, -0.15) is 0 Å². The number of nitrogens with zero attached hydrogens (tertiary/aromatic N) is 1. The van der Waals surface area contributed by atoms with E-state index in [0.29, 0.717) is 6.04 Å². The number of fused-ring (bicyclic) bond motifs is 1. The highest BCUT2D eigenvalue weighted by Crippen LogP contribution is 2.32. The monoisotopic (exact) mass is 357 g/mol. The van der Waals surface area contributed by atoms with Crippen molar-refractivity contribution in [2.45, 2.75) is 32.7 Å². The quantitative estimate of drug-likeness (QED) is 0.830. The molecule has 1 aliphatic heterocycles. The van der Waals surface area contributed by atoms with Gasteiger partial charge < -0.3 is 10.3 Å². The average Bonchev–Trinajstić information content (AvgIpc) is 2.97. The second-order valence-electron chi connectivity index (χ2n) is 6.56. The summed E-state index contributed by atoms with van der Waals surface area (Å²) in [6.45, 7) is 9.19. The number of benzene rings is 1. The molecule has 3 nitrogen and oxygen atoms in total. The highest BCUT2D eigenvalue weighted by molar-refractivity contribution is 5.85. The molecule has 1 aliphatic rings. The molecule has 2 aromatic rings. The zero-order valence-electron chi connectivity index (χ0n) is 14.0. The molecule has 3 rings (SSSR count). The second kappa shape index (κ2) is 9.53. The maximum atomic E-state index is 3.47. The number of H-pyrrole nitrogens is 1. The molecule has 2 N–H and O–H groups in total. The third kappa shape index (κ3) is 4.87. The van der Waals surface area contributed by atoms with Crippen molar-refractivity contribution >= 4 is 35.7 Å². The van der Waals surface area contributed by atoms with Crippen LogP contribution in [-0.4, -0.2) is 36.1 Å². The minimum Gasteiger partial charge on any atom is -0.361 e. The van der Waals surface area contributed by atoms with Crippen LogP contribution in [0.4, 0.5) is 0 Å². The summed E-state index contributed by atoms with van der Waals surface area (Å²) in [6, 6.07) is 9.47. The predicted molar refractivity (Wildman–Crippen MR) is 104 cm³/mol. The van der Waals surface area contributed by atoms with Gasteiger partial charge in [0.05, 0.1) is 0 Å². The molecular weight excluding hydrogens is 329 g/mol. The van der Waals surface area contributed by atoms with E-state index in [1.165, 1.54) is 29.3 Å². The third-order valence-corrected chi connectivity index (χ3v) is 4.60. The fraction of sp³-hybridized carbons (Fsp3) is 0.556. The smallest absolute Gasteiger partial charge is 0.0457 e. The fourth-order valence-electron chi connectivity index (χ4n) is 3.42. The molecule has 1 atom stereocenters. The molecule has 0 saturated carbocycles. The molecule has 0 radical (unpaired) electrons. The summed E-state index contributed by atoms with van der Waals surface area (Å²) >= 11 is 0. The SMILES string of the molecule is CC(C)CC[C@@H](c1cccc2[nH]ccc12)N1CCNCC1.Cl.Cl. The molecule has 23 heavy (non-hydrogen) atoms. The number of hydrogen-bond donors (Lipinski definition) is 2. The lowest BCUT2D eigenvalue weighted by Crippen LogP contribution is -2.45. The van der Waals surface area contributed by atoms with Gasteiger partial charge in [-0.3, -0.25) is 4.90 Å². The van der Waals surface area contributed by atoms with Crippen LogP contribution in [0.15, 0.2) is 30.5 Å². The molecule has 2 heterocycles. The lowest BCUT2D eigenvalue weighted by molar-refractivity contribution is 0.161. The first kappa shape index (κ1) is 20.3. The fourth-order valence-corrected chi connectivity index (χ4v) is 3.42. The van der Waals surface area contributed by atoms with Crippen molar-refractivity contribution in [2.75, 3.05) is 26.2 Å². The first-order valence-corrected chi connectivity index (χ1v) is 8.26. The highest BCUT2D eigenvalue weighted by atomic mass is 35.5. The maximum absolute atomic E-state index is 3.47. The number of nitrogens with one attached hydrogen (secondary N) is 2. The Labute approximate surface area is 152 Å². The van der Waals surface area contributed by atoms with Gasteiger partial charge in [-0.1, -0.05) is 26.0 Å². The van der Waals surface area contributed by atoms with Crippen LogP contribution in [0.3, 0.4) is 0 Å². The van der Waals surface area contributed by atoms with Crippen LogP contribution in [0.2, 0.25) is 0 Å². The van der Waals surface area contributed by atoms with Crippen LogP contribution < -0.4 is 5.32 Å². The van der Waals surface area contributed by atoms with Crippen molar-refractivity contribution < 1.29 is 0 Å². The number of rotatable bonds is 5. The summed E-state index contributed by atoms with van der Waals surface area (Å²) in [4.78, 5) is 6.02. The molecule has 0 amide bonds. The van der Waals surface area contributed by atoms with Crippen molar-refractivity contribution in [3.05, 3.63) is 36.0 Å². The zero-order chi connectivity index (χ0) is 14.7. The van der Waals surface area contributed by atoms with Gasteiger partial charge in [0.2, 0.25) is 0 Å². The van der Waals surface area contributed by atoms with E-state index < -0.39 is 0 Å². The third-order valence-electron chi connectivity index (χ3n) is 4.60. The van der Waals surface area contributed by atoms with Crippen molar-refractivity contribution in [1.29, 1.82) is 0 Å². The second-order valence-corrected chi connectivity index (χ2v) is 6.56. The Bertz CT molecular complexity index is 576. The molecule has 1 fully saturated rings. The summed E-state index contributed by atoms with van der Waals surface area (Å²) < 4.78 is 0. The number of aromatic amines is 1. The molecule has 0 spiro atoms. The Kier molecular flexibility index (Phi) is 8.41. The topological polar surface area (TPSA) is 31.1 Å². The Balaban J connectivity index is 0.00000132. The Morgan fingerprint density at radius 2 is 1.78 bits per heavy atom. The minimum atomic E-state index is 0. The Morgan fingerprint density at radius 3 is 2.48 bits per heavy atom. The van der Waals surface area contributed by atoms with E-state index in [0.717, 1.165) is 32.1 Å². The van der Waals surface area contributed by atoms with Gasteiger partial charge in [0.1, 0.15) is 0 Å². The van der Waals surface area contributed by atoms with E-state index in [9.17, 15) is 0 Å². The zero-order valence-corrected chi connectivity index (χ0v) is 15.7. The first-order valence-electron chi connectivity index (χ1n) is 8.26. The summed E-state index contributed by atoms with van der Waals surface area (Å²) in [7, 11) is 0. The molecule has 1 saturated heterocycles. The first-order chi connectivity index (χ1) is 10.3. The Hall–Kier alpha value is -0.740. The molecule has 0 aliphatic carbocycles. The van der Waals surface area contributed by atoms with Crippen molar-refractivity contribution in [3.63, 3.8) is 0 Å². The summed E-state index contributed by atoms with van der Waals surface area (Å²) in [5, 5.41) is 4.86. The van der Waals surface area contributed by atoms with E-state index in [4.69, 9.17) is 0 Å². The van der Waals surface area contributed by atoms with Crippen molar-refractivity contribution in [3.8, 4) is 0 Å². The van der Waals surface area contributed by atoms with Gasteiger partial charge >= 0.3 is 0 Å². The molecule has 130 valence electrons. The van der Waals surface area contributed by atoms with Gasteiger partial charge in [0.15, 0.2) is 0 Å². The van der Waals surface area contributed by atoms with Gasteiger partial charge in [0, 0.05) is 49.3 Å². The van der Waals surface area contributed by atoms with Gasteiger partial charge in [0.25, 0.3) is 0 Å². The predicted octanol–water partition coefficient (Wildman–Crippen LogP) is 4.39. The molecular formula is C18H29Cl2N3. The van der Waals surface area contributed by atoms with E-state index in [2.05, 4.69) is 59.5 Å². The number of hydrogen-bond acceptors (Lipinski definition) is 2. The normalized spacial score (nSPS) is 16.8. The van der Waals surface area contributed by atoms with E-state index in [-0.39, 0.29) is 24.8 Å². The van der Waals surface area contributed by atoms with Crippen LogP contribution in [0.25, 0.3) is 10.9 Å². The lowest BCUT2D eigenvalue weighted by Gasteiger charge is -2.36. The summed E-state index contributed by atoms with van der Waals surface area (Å²) in [5.74, 6) is 0.765. The maximum Gasteiger partial charge on any atom is 0.0457 e. The van der Waals surface area contributed by atoms with Crippen LogP contribution in [0.1, 0.15) is 38.3 Å². The lowest BCUT2D eigenvalue weighted by atomic mass is 9.93. The molecule has 1 aromatic carbocycles. The van der Waals surface area contributed by atoms with Crippen LogP contribution in [-0.2, 0) is 0 Å². The molecule has 1 aromatic heterocycles. The average molecular weight is 358 g/mol. The number of aromatic nitrogens is 1. The summed E-state index contributed by atoms with van der Waals surface area (Å²) in [6.07, 6.45) is 4.60. The van der Waals surface area contributed by atoms with E-state index in [1.54, 1.807) is 0 Å². The molecule has 5 heteroatoms. The van der Waals surface area contributed by atoms with Crippen molar-refractivity contribution in [1.82, 2.24) is 15.2 Å². The van der Waals surface area contributed by atoms with Gasteiger partial charge in [-0.05, 0) is 36.5 Å².